The van der Waals surface area contributed by atoms with Crippen LogP contribution < -0.4 is 0 Å². The first-order valence-electron chi connectivity index (χ1n) is 7.88. The number of rotatable bonds is 5. The summed E-state index contributed by atoms with van der Waals surface area (Å²) in [7, 11) is 1.64. The molecule has 0 amide bonds. The molecule has 1 unspecified atom stereocenters. The zero-order valence-corrected chi connectivity index (χ0v) is 12.5. The molecule has 3 rings (SSSR count). The van der Waals surface area contributed by atoms with E-state index in [4.69, 9.17) is 4.74 Å². The second-order valence-electron chi connectivity index (χ2n) is 7.19. The van der Waals surface area contributed by atoms with E-state index in [-0.39, 0.29) is 5.41 Å². The van der Waals surface area contributed by atoms with E-state index >= 15 is 0 Å². The van der Waals surface area contributed by atoms with E-state index in [1.54, 1.807) is 7.11 Å². The van der Waals surface area contributed by atoms with Crippen LogP contribution in [0.1, 0.15) is 51.4 Å². The lowest BCUT2D eigenvalue weighted by Crippen LogP contribution is -2.29. The fourth-order valence-corrected chi connectivity index (χ4v) is 4.91. The van der Waals surface area contributed by atoms with Gasteiger partial charge in [-0.25, -0.2) is 0 Å². The highest BCUT2D eigenvalue weighted by Gasteiger charge is 2.48. The third-order valence-corrected chi connectivity index (χ3v) is 5.78. The predicted octanol–water partition coefficient (Wildman–Crippen LogP) is 4.90. The van der Waals surface area contributed by atoms with Crippen LogP contribution in [0.4, 0.5) is 0 Å². The van der Waals surface area contributed by atoms with Crippen molar-refractivity contribution in [2.75, 3.05) is 7.11 Å². The maximum atomic E-state index is 9.90. The molecule has 3 aliphatic carbocycles. The summed E-state index contributed by atoms with van der Waals surface area (Å²) in [4.78, 5) is 0. The molecule has 2 nitrogen and oxygen atoms in total. The van der Waals surface area contributed by atoms with Crippen LogP contribution in [0, 0.1) is 16.7 Å². The maximum Gasteiger partial charge on any atom is 0.156 e. The van der Waals surface area contributed by atoms with Crippen molar-refractivity contribution in [2.24, 2.45) is 16.7 Å². The van der Waals surface area contributed by atoms with Gasteiger partial charge in [0.2, 0.25) is 0 Å². The molecule has 1 atom stereocenters. The molecule has 2 saturated carbocycles. The summed E-state index contributed by atoms with van der Waals surface area (Å²) in [5.74, 6) is 1.91. The molecular formula is C18H26O2. The van der Waals surface area contributed by atoms with Crippen molar-refractivity contribution in [3.05, 3.63) is 36.3 Å². The summed E-state index contributed by atoms with van der Waals surface area (Å²) in [6.45, 7) is 3.95. The highest BCUT2D eigenvalue weighted by molar-refractivity contribution is 5.28. The molecule has 1 N–H and O–H groups in total. The van der Waals surface area contributed by atoms with Crippen LogP contribution in [0.2, 0.25) is 0 Å². The van der Waals surface area contributed by atoms with Crippen LogP contribution in [0.5, 0.6) is 0 Å². The van der Waals surface area contributed by atoms with Gasteiger partial charge in [0.15, 0.2) is 11.5 Å². The minimum Gasteiger partial charge on any atom is -0.504 e. The molecule has 2 fully saturated rings. The number of aliphatic hydroxyl groups excluding tert-OH is 1. The van der Waals surface area contributed by atoms with Gasteiger partial charge in [0.25, 0.3) is 0 Å². The Morgan fingerprint density at radius 1 is 1.45 bits per heavy atom. The SMILES string of the molecule is C=CCC1(CC23CCC(CC2)C3)C=C(OC)C(O)=CC1. The minimum absolute atomic E-state index is 0.0958. The molecule has 0 aromatic heterocycles. The first kappa shape index (κ1) is 13.8. The van der Waals surface area contributed by atoms with Crippen LogP contribution in [-0.2, 0) is 4.74 Å². The Hall–Kier alpha value is -1.18. The largest absolute Gasteiger partial charge is 0.504 e. The summed E-state index contributed by atoms with van der Waals surface area (Å²) in [5, 5.41) is 9.90. The number of hydrogen-bond acceptors (Lipinski definition) is 2. The van der Waals surface area contributed by atoms with E-state index < -0.39 is 0 Å². The Morgan fingerprint density at radius 3 is 2.75 bits per heavy atom. The third-order valence-electron chi connectivity index (χ3n) is 5.78. The number of methoxy groups -OCH3 is 1. The monoisotopic (exact) mass is 274 g/mol. The average Bonchev–Trinajstić information content (AvgIpc) is 3.02. The predicted molar refractivity (Wildman–Crippen MR) is 81.3 cm³/mol. The minimum atomic E-state index is 0.0958. The molecule has 2 heteroatoms. The molecule has 0 aliphatic heterocycles. The molecular weight excluding hydrogens is 248 g/mol. The second-order valence-corrected chi connectivity index (χ2v) is 7.19. The highest BCUT2D eigenvalue weighted by atomic mass is 16.5. The van der Waals surface area contributed by atoms with E-state index in [1.165, 1.54) is 38.5 Å². The quantitative estimate of drug-likeness (QED) is 0.723. The number of hydrogen-bond donors (Lipinski definition) is 1. The van der Waals surface area contributed by atoms with Crippen LogP contribution in [0.25, 0.3) is 0 Å². The zero-order chi connectivity index (χ0) is 14.2. The van der Waals surface area contributed by atoms with Crippen molar-refractivity contribution in [2.45, 2.75) is 51.4 Å². The molecule has 20 heavy (non-hydrogen) atoms. The van der Waals surface area contributed by atoms with E-state index in [0.717, 1.165) is 18.8 Å². The average molecular weight is 274 g/mol. The van der Waals surface area contributed by atoms with Crippen molar-refractivity contribution >= 4 is 0 Å². The van der Waals surface area contributed by atoms with E-state index in [1.807, 2.05) is 12.2 Å². The second kappa shape index (κ2) is 4.98. The van der Waals surface area contributed by atoms with Gasteiger partial charge in [-0.3, -0.25) is 0 Å². The number of aliphatic hydroxyl groups is 1. The van der Waals surface area contributed by atoms with Gasteiger partial charge in [-0.1, -0.05) is 6.08 Å². The summed E-state index contributed by atoms with van der Waals surface area (Å²) >= 11 is 0. The van der Waals surface area contributed by atoms with E-state index in [9.17, 15) is 5.11 Å². The molecule has 110 valence electrons. The van der Waals surface area contributed by atoms with Crippen LogP contribution in [0.3, 0.4) is 0 Å². The third kappa shape index (κ3) is 2.30. The Morgan fingerprint density at radius 2 is 2.20 bits per heavy atom. The first-order chi connectivity index (χ1) is 9.60. The molecule has 0 aromatic rings. The molecule has 0 saturated heterocycles. The highest BCUT2D eigenvalue weighted by Crippen LogP contribution is 2.60. The molecule has 0 spiro atoms. The zero-order valence-electron chi connectivity index (χ0n) is 12.5. The van der Waals surface area contributed by atoms with Crippen LogP contribution in [0.15, 0.2) is 36.3 Å². The van der Waals surface area contributed by atoms with Gasteiger partial charge in [-0.05, 0) is 80.3 Å². The summed E-state index contributed by atoms with van der Waals surface area (Å²) in [6, 6.07) is 0. The topological polar surface area (TPSA) is 29.5 Å². The lowest BCUT2D eigenvalue weighted by molar-refractivity contribution is 0.157. The summed E-state index contributed by atoms with van der Waals surface area (Å²) < 4.78 is 5.36. The van der Waals surface area contributed by atoms with Gasteiger partial charge < -0.3 is 9.84 Å². The van der Waals surface area contributed by atoms with Gasteiger partial charge in [-0.2, -0.15) is 0 Å². The standard InChI is InChI=1S/C18H26O2/c1-3-7-17(10-6-15(19)16(12-17)20-2)13-18-8-4-14(11-18)5-9-18/h3,6,12,14,19H,1,4-5,7-11,13H2,2H3. The Kier molecular flexibility index (Phi) is 3.43. The normalized spacial score (nSPS) is 39.4. The van der Waals surface area contributed by atoms with Gasteiger partial charge in [0, 0.05) is 0 Å². The summed E-state index contributed by atoms with van der Waals surface area (Å²) in [6.07, 6.45) is 16.3. The van der Waals surface area contributed by atoms with Crippen LogP contribution in [-0.4, -0.2) is 12.2 Å². The smallest absolute Gasteiger partial charge is 0.156 e. The number of ether oxygens (including phenoxy) is 1. The fourth-order valence-electron chi connectivity index (χ4n) is 4.91. The first-order valence-corrected chi connectivity index (χ1v) is 7.88. The van der Waals surface area contributed by atoms with Gasteiger partial charge >= 0.3 is 0 Å². The lowest BCUT2D eigenvalue weighted by Gasteiger charge is -2.40. The Labute approximate surface area is 122 Å². The summed E-state index contributed by atoms with van der Waals surface area (Å²) in [5.41, 5.74) is 0.641. The van der Waals surface area contributed by atoms with E-state index in [0.29, 0.717) is 16.9 Å². The number of fused-ring (bicyclic) bond motifs is 2. The molecule has 2 bridgehead atoms. The van der Waals surface area contributed by atoms with Gasteiger partial charge in [0.05, 0.1) is 7.11 Å². The van der Waals surface area contributed by atoms with Gasteiger partial charge in [0.1, 0.15) is 0 Å². The van der Waals surface area contributed by atoms with Crippen molar-refractivity contribution < 1.29 is 9.84 Å². The number of allylic oxidation sites excluding steroid dienone is 3. The molecule has 0 aromatic carbocycles. The van der Waals surface area contributed by atoms with Crippen molar-refractivity contribution in [1.82, 2.24) is 0 Å². The molecule has 3 aliphatic rings. The molecule has 0 radical (unpaired) electrons. The lowest BCUT2D eigenvalue weighted by atomic mass is 9.65. The molecule has 0 heterocycles. The van der Waals surface area contributed by atoms with Crippen molar-refractivity contribution in [1.29, 1.82) is 0 Å². The van der Waals surface area contributed by atoms with Gasteiger partial charge in [-0.15, -0.1) is 6.58 Å². The van der Waals surface area contributed by atoms with Crippen molar-refractivity contribution in [3.8, 4) is 0 Å². The Balaban J connectivity index is 1.85. The van der Waals surface area contributed by atoms with Crippen molar-refractivity contribution in [3.63, 3.8) is 0 Å². The Bertz CT molecular complexity index is 452. The fraction of sp³-hybridized carbons (Fsp3) is 0.667. The maximum absolute atomic E-state index is 9.90. The van der Waals surface area contributed by atoms with Crippen LogP contribution >= 0.6 is 0 Å². The van der Waals surface area contributed by atoms with E-state index in [2.05, 4.69) is 12.7 Å².